The highest BCUT2D eigenvalue weighted by atomic mass is 32.1. The monoisotopic (exact) mass is 304 g/mol. The van der Waals surface area contributed by atoms with Crippen molar-refractivity contribution < 1.29 is 10.4 Å². The lowest BCUT2D eigenvalue weighted by atomic mass is 9.91. The number of nitrogens with two attached hydrogens (primary N) is 1. The number of rotatable bonds is 2. The van der Waals surface area contributed by atoms with Crippen LogP contribution in [0.4, 0.5) is 0 Å². The first-order chi connectivity index (χ1) is 10.1. The molecule has 0 bridgehead atoms. The third-order valence-corrected chi connectivity index (χ3v) is 4.36. The number of aromatic hydroxyl groups is 1. The molecule has 0 amide bonds. The number of quaternary nitrogens is 1. The van der Waals surface area contributed by atoms with Crippen molar-refractivity contribution in [3.63, 3.8) is 0 Å². The molecule has 21 heavy (non-hydrogen) atoms. The Labute approximate surface area is 127 Å². The summed E-state index contributed by atoms with van der Waals surface area (Å²) in [6.45, 7) is 3.29. The Morgan fingerprint density at radius 3 is 3.00 bits per heavy atom. The SMILES string of the molecule is CCn1c(O)c([C@H]2[NH2+]CCc3ccccc32)c(=O)[nH]c1=S. The van der Waals surface area contributed by atoms with E-state index in [1.807, 2.05) is 25.1 Å². The maximum atomic E-state index is 12.3. The molecule has 6 heteroatoms. The smallest absolute Gasteiger partial charge is 0.265 e. The van der Waals surface area contributed by atoms with Crippen LogP contribution in [0.5, 0.6) is 5.88 Å². The van der Waals surface area contributed by atoms with Gasteiger partial charge in [0.25, 0.3) is 5.56 Å². The van der Waals surface area contributed by atoms with Crippen LogP contribution in [0.25, 0.3) is 0 Å². The van der Waals surface area contributed by atoms with E-state index in [1.54, 1.807) is 4.57 Å². The molecule has 1 aromatic carbocycles. The molecular formula is C15H18N3O2S+. The molecule has 0 unspecified atom stereocenters. The van der Waals surface area contributed by atoms with Gasteiger partial charge >= 0.3 is 0 Å². The average Bonchev–Trinajstić information content (AvgIpc) is 2.47. The summed E-state index contributed by atoms with van der Waals surface area (Å²) in [4.78, 5) is 15.0. The molecule has 0 saturated heterocycles. The van der Waals surface area contributed by atoms with Gasteiger partial charge in [0.05, 0.1) is 6.54 Å². The first-order valence-corrected chi connectivity index (χ1v) is 7.51. The number of aromatic nitrogens is 2. The predicted octanol–water partition coefficient (Wildman–Crippen LogP) is 0.840. The van der Waals surface area contributed by atoms with Crippen LogP contribution in [-0.4, -0.2) is 21.2 Å². The van der Waals surface area contributed by atoms with E-state index in [4.69, 9.17) is 12.2 Å². The minimum Gasteiger partial charge on any atom is -0.494 e. The maximum absolute atomic E-state index is 12.3. The first-order valence-electron chi connectivity index (χ1n) is 7.10. The molecule has 0 saturated carbocycles. The van der Waals surface area contributed by atoms with Gasteiger partial charge < -0.3 is 10.4 Å². The number of hydrogen-bond acceptors (Lipinski definition) is 3. The Kier molecular flexibility index (Phi) is 3.65. The molecule has 2 aromatic rings. The fraction of sp³-hybridized carbons (Fsp3) is 0.333. The second kappa shape index (κ2) is 5.46. The van der Waals surface area contributed by atoms with E-state index >= 15 is 0 Å². The Morgan fingerprint density at radius 2 is 2.24 bits per heavy atom. The minimum atomic E-state index is -0.305. The highest BCUT2D eigenvalue weighted by molar-refractivity contribution is 7.71. The summed E-state index contributed by atoms with van der Waals surface area (Å²) in [5, 5.41) is 12.6. The lowest BCUT2D eigenvalue weighted by molar-refractivity contribution is -0.690. The minimum absolute atomic E-state index is 0.0239. The van der Waals surface area contributed by atoms with Crippen molar-refractivity contribution in [1.82, 2.24) is 9.55 Å². The highest BCUT2D eigenvalue weighted by Crippen LogP contribution is 2.27. The van der Waals surface area contributed by atoms with Gasteiger partial charge in [-0.1, -0.05) is 24.3 Å². The molecule has 0 radical (unpaired) electrons. The summed E-state index contributed by atoms with van der Waals surface area (Å²) in [5.41, 5.74) is 2.40. The zero-order chi connectivity index (χ0) is 15.0. The third kappa shape index (κ3) is 2.30. The summed E-state index contributed by atoms with van der Waals surface area (Å²) in [6, 6.07) is 7.88. The number of nitrogens with one attached hydrogen (secondary N) is 1. The zero-order valence-corrected chi connectivity index (χ0v) is 12.6. The fourth-order valence-corrected chi connectivity index (χ4v) is 3.33. The average molecular weight is 304 g/mol. The molecule has 1 aliphatic heterocycles. The van der Waals surface area contributed by atoms with Crippen molar-refractivity contribution >= 4 is 12.2 Å². The van der Waals surface area contributed by atoms with Gasteiger partial charge in [-0.15, -0.1) is 0 Å². The van der Waals surface area contributed by atoms with Gasteiger partial charge in [0.15, 0.2) is 4.77 Å². The normalized spacial score (nSPS) is 17.5. The molecule has 0 spiro atoms. The topological polar surface area (TPSA) is 74.6 Å². The van der Waals surface area contributed by atoms with Gasteiger partial charge in [-0.2, -0.15) is 0 Å². The van der Waals surface area contributed by atoms with Gasteiger partial charge in [0, 0.05) is 18.5 Å². The summed E-state index contributed by atoms with van der Waals surface area (Å²) in [6.07, 6.45) is 0.970. The molecule has 1 aromatic heterocycles. The Hall–Kier alpha value is -1.92. The van der Waals surface area contributed by atoms with Crippen LogP contribution in [0.1, 0.15) is 29.7 Å². The molecule has 0 fully saturated rings. The van der Waals surface area contributed by atoms with Crippen molar-refractivity contribution in [2.75, 3.05) is 6.54 Å². The quantitative estimate of drug-likeness (QED) is 0.720. The molecule has 3 rings (SSSR count). The lowest BCUT2D eigenvalue weighted by Crippen LogP contribution is -2.87. The number of H-pyrrole nitrogens is 1. The van der Waals surface area contributed by atoms with E-state index in [9.17, 15) is 9.90 Å². The Morgan fingerprint density at radius 1 is 1.48 bits per heavy atom. The summed E-state index contributed by atoms with van der Waals surface area (Å²) < 4.78 is 1.81. The summed E-state index contributed by atoms with van der Waals surface area (Å²) in [7, 11) is 0. The summed E-state index contributed by atoms with van der Waals surface area (Å²) >= 11 is 5.10. The maximum Gasteiger partial charge on any atom is 0.265 e. The van der Waals surface area contributed by atoms with Crippen molar-refractivity contribution in [2.45, 2.75) is 25.9 Å². The Balaban J connectivity index is 2.23. The number of fused-ring (bicyclic) bond motifs is 1. The predicted molar refractivity (Wildman–Crippen MR) is 82.0 cm³/mol. The third-order valence-electron chi connectivity index (χ3n) is 4.04. The number of aromatic amines is 1. The molecule has 1 aliphatic rings. The van der Waals surface area contributed by atoms with E-state index in [0.717, 1.165) is 18.5 Å². The lowest BCUT2D eigenvalue weighted by Gasteiger charge is -2.24. The van der Waals surface area contributed by atoms with Crippen molar-refractivity contribution in [3.05, 3.63) is 56.1 Å². The number of nitrogens with zero attached hydrogens (tertiary/aromatic N) is 1. The van der Waals surface area contributed by atoms with Crippen LogP contribution in [0.3, 0.4) is 0 Å². The number of hydrogen-bond donors (Lipinski definition) is 3. The van der Waals surface area contributed by atoms with Gasteiger partial charge in [-0.05, 0) is 24.7 Å². The van der Waals surface area contributed by atoms with E-state index in [0.29, 0.717) is 12.1 Å². The zero-order valence-electron chi connectivity index (χ0n) is 11.8. The molecule has 2 heterocycles. The van der Waals surface area contributed by atoms with Crippen LogP contribution in [-0.2, 0) is 13.0 Å². The summed E-state index contributed by atoms with van der Waals surface area (Å²) in [5.74, 6) is -0.0239. The van der Waals surface area contributed by atoms with Crippen LogP contribution < -0.4 is 10.9 Å². The van der Waals surface area contributed by atoms with E-state index in [2.05, 4.69) is 16.4 Å². The second-order valence-corrected chi connectivity index (χ2v) is 5.58. The molecule has 1 atom stereocenters. The van der Waals surface area contributed by atoms with Crippen LogP contribution in [0.15, 0.2) is 29.1 Å². The second-order valence-electron chi connectivity index (χ2n) is 5.19. The molecule has 5 nitrogen and oxygen atoms in total. The van der Waals surface area contributed by atoms with E-state index in [-0.39, 0.29) is 22.3 Å². The number of benzene rings is 1. The van der Waals surface area contributed by atoms with Crippen LogP contribution in [0.2, 0.25) is 0 Å². The van der Waals surface area contributed by atoms with Crippen molar-refractivity contribution in [3.8, 4) is 5.88 Å². The van der Waals surface area contributed by atoms with Crippen molar-refractivity contribution in [1.29, 1.82) is 0 Å². The Bertz CT molecular complexity index is 794. The largest absolute Gasteiger partial charge is 0.494 e. The van der Waals surface area contributed by atoms with E-state index in [1.165, 1.54) is 5.56 Å². The van der Waals surface area contributed by atoms with Gasteiger partial charge in [0.2, 0.25) is 5.88 Å². The van der Waals surface area contributed by atoms with Crippen LogP contribution in [0, 0.1) is 4.77 Å². The molecule has 110 valence electrons. The first kappa shape index (κ1) is 14.0. The van der Waals surface area contributed by atoms with Crippen LogP contribution >= 0.6 is 12.2 Å². The molecular weight excluding hydrogens is 286 g/mol. The fourth-order valence-electron chi connectivity index (χ4n) is 3.02. The standard InChI is InChI=1S/C15H17N3O2S/c1-2-18-14(20)11(13(19)17-15(18)21)12-10-6-4-3-5-9(10)7-8-16-12/h3-6,12,16,20H,2,7-8H2,1H3,(H,17,19,21)/p+1/t12-/m0/s1. The van der Waals surface area contributed by atoms with E-state index < -0.39 is 0 Å². The molecule has 4 N–H and O–H groups in total. The van der Waals surface area contributed by atoms with Gasteiger partial charge in [-0.25, -0.2) is 0 Å². The highest BCUT2D eigenvalue weighted by Gasteiger charge is 2.30. The van der Waals surface area contributed by atoms with Gasteiger partial charge in [0.1, 0.15) is 11.6 Å². The van der Waals surface area contributed by atoms with Gasteiger partial charge in [-0.3, -0.25) is 14.3 Å². The van der Waals surface area contributed by atoms with Crippen molar-refractivity contribution in [2.24, 2.45) is 0 Å². The molecule has 0 aliphatic carbocycles.